The van der Waals surface area contributed by atoms with Crippen LogP contribution in [0.5, 0.6) is 5.75 Å². The zero-order chi connectivity index (χ0) is 18.1. The number of hydrogen-bond acceptors (Lipinski definition) is 5. The van der Waals surface area contributed by atoms with Gasteiger partial charge in [0.1, 0.15) is 11.6 Å². The number of hydrogen-bond donors (Lipinski definition) is 0. The first-order chi connectivity index (χ1) is 12.6. The normalized spacial score (nSPS) is 17.3. The molecule has 136 valence electrons. The van der Waals surface area contributed by atoms with Gasteiger partial charge in [0.05, 0.1) is 18.4 Å². The van der Waals surface area contributed by atoms with Gasteiger partial charge in [-0.05, 0) is 43.7 Å². The SMILES string of the molecule is CC(C)Oc1ccc2c(c1)C(c1ccnc(N3CCS(=O)CC3)c1)=NC2. The lowest BCUT2D eigenvalue weighted by atomic mass is 10.0. The number of benzene rings is 1. The maximum atomic E-state index is 11.6. The molecule has 0 aliphatic carbocycles. The van der Waals surface area contributed by atoms with Crippen LogP contribution in [0.1, 0.15) is 30.5 Å². The van der Waals surface area contributed by atoms with Crippen molar-refractivity contribution in [1.29, 1.82) is 0 Å². The molecule has 5 nitrogen and oxygen atoms in total. The highest BCUT2D eigenvalue weighted by Gasteiger charge is 2.21. The summed E-state index contributed by atoms with van der Waals surface area (Å²) in [5.74, 6) is 3.24. The van der Waals surface area contributed by atoms with Gasteiger partial charge in [0.15, 0.2) is 0 Å². The van der Waals surface area contributed by atoms with Crippen LogP contribution in [-0.4, -0.2) is 45.6 Å². The summed E-state index contributed by atoms with van der Waals surface area (Å²) in [6.07, 6.45) is 1.98. The Hall–Kier alpha value is -2.21. The second-order valence-corrected chi connectivity index (χ2v) is 8.58. The second-order valence-electron chi connectivity index (χ2n) is 6.89. The molecule has 1 aromatic carbocycles. The molecule has 2 aromatic rings. The zero-order valence-electron chi connectivity index (χ0n) is 15.1. The van der Waals surface area contributed by atoms with E-state index in [1.807, 2.05) is 32.2 Å². The van der Waals surface area contributed by atoms with Crippen molar-refractivity contribution >= 4 is 22.3 Å². The first-order valence-electron chi connectivity index (χ1n) is 9.01. The lowest BCUT2D eigenvalue weighted by molar-refractivity contribution is 0.242. The first kappa shape index (κ1) is 17.2. The minimum Gasteiger partial charge on any atom is -0.491 e. The van der Waals surface area contributed by atoms with Crippen LogP contribution in [0.3, 0.4) is 0 Å². The molecule has 26 heavy (non-hydrogen) atoms. The molecule has 0 bridgehead atoms. The quantitative estimate of drug-likeness (QED) is 0.832. The van der Waals surface area contributed by atoms with Crippen molar-refractivity contribution in [2.24, 2.45) is 4.99 Å². The van der Waals surface area contributed by atoms with Gasteiger partial charge in [0.25, 0.3) is 0 Å². The van der Waals surface area contributed by atoms with E-state index in [0.29, 0.717) is 18.1 Å². The van der Waals surface area contributed by atoms with Crippen molar-refractivity contribution in [2.75, 3.05) is 29.5 Å². The predicted molar refractivity (Wildman–Crippen MR) is 106 cm³/mol. The van der Waals surface area contributed by atoms with Crippen LogP contribution in [0.4, 0.5) is 5.82 Å². The number of fused-ring (bicyclic) bond motifs is 1. The fraction of sp³-hybridized carbons (Fsp3) is 0.400. The van der Waals surface area contributed by atoms with Gasteiger partial charge in [-0.3, -0.25) is 9.20 Å². The fourth-order valence-electron chi connectivity index (χ4n) is 3.36. The third-order valence-electron chi connectivity index (χ3n) is 4.64. The number of anilines is 1. The van der Waals surface area contributed by atoms with E-state index in [1.165, 1.54) is 5.56 Å². The molecular weight excluding hydrogens is 346 g/mol. The van der Waals surface area contributed by atoms with E-state index in [9.17, 15) is 4.21 Å². The van der Waals surface area contributed by atoms with Crippen molar-refractivity contribution < 1.29 is 8.95 Å². The molecule has 1 aromatic heterocycles. The predicted octanol–water partition coefficient (Wildman–Crippen LogP) is 2.79. The molecule has 0 amide bonds. The molecule has 0 N–H and O–H groups in total. The summed E-state index contributed by atoms with van der Waals surface area (Å²) in [7, 11) is -0.687. The summed E-state index contributed by atoms with van der Waals surface area (Å²) >= 11 is 0. The molecule has 0 unspecified atom stereocenters. The Balaban J connectivity index is 1.62. The highest BCUT2D eigenvalue weighted by molar-refractivity contribution is 7.85. The van der Waals surface area contributed by atoms with Crippen molar-refractivity contribution in [2.45, 2.75) is 26.5 Å². The summed E-state index contributed by atoms with van der Waals surface area (Å²) in [5, 5.41) is 0. The number of nitrogens with zero attached hydrogens (tertiary/aromatic N) is 3. The van der Waals surface area contributed by atoms with Crippen molar-refractivity contribution in [3.05, 3.63) is 53.2 Å². The molecule has 0 saturated carbocycles. The number of aromatic nitrogens is 1. The minimum absolute atomic E-state index is 0.145. The average Bonchev–Trinajstić information content (AvgIpc) is 3.05. The highest BCUT2D eigenvalue weighted by atomic mass is 32.2. The van der Waals surface area contributed by atoms with Gasteiger partial charge in [0, 0.05) is 52.7 Å². The van der Waals surface area contributed by atoms with Crippen LogP contribution in [-0.2, 0) is 17.3 Å². The Morgan fingerprint density at radius 1 is 1.15 bits per heavy atom. The third-order valence-corrected chi connectivity index (χ3v) is 5.91. The Morgan fingerprint density at radius 3 is 2.73 bits per heavy atom. The smallest absolute Gasteiger partial charge is 0.129 e. The monoisotopic (exact) mass is 369 g/mol. The Morgan fingerprint density at radius 2 is 1.96 bits per heavy atom. The molecular formula is C20H23N3O2S. The third kappa shape index (κ3) is 3.51. The van der Waals surface area contributed by atoms with Crippen molar-refractivity contribution in [3.8, 4) is 5.75 Å². The molecule has 0 atom stereocenters. The Labute approximate surface area is 156 Å². The average molecular weight is 369 g/mol. The standard InChI is InChI=1S/C20H23N3O2S/c1-14(2)25-17-4-3-16-13-22-20(18(16)12-17)15-5-6-21-19(11-15)23-7-9-26(24)10-8-23/h3-6,11-12,14H,7-10,13H2,1-2H3. The fourth-order valence-corrected chi connectivity index (χ4v) is 4.41. The summed E-state index contributed by atoms with van der Waals surface area (Å²) < 4.78 is 17.4. The molecule has 2 aliphatic rings. The van der Waals surface area contributed by atoms with E-state index in [0.717, 1.165) is 41.5 Å². The van der Waals surface area contributed by atoms with Gasteiger partial charge in [-0.1, -0.05) is 6.07 Å². The van der Waals surface area contributed by atoms with Gasteiger partial charge in [-0.2, -0.15) is 0 Å². The van der Waals surface area contributed by atoms with E-state index in [2.05, 4.69) is 28.1 Å². The molecule has 2 aliphatic heterocycles. The van der Waals surface area contributed by atoms with Gasteiger partial charge in [0.2, 0.25) is 0 Å². The maximum Gasteiger partial charge on any atom is 0.129 e. The molecule has 6 heteroatoms. The summed E-state index contributed by atoms with van der Waals surface area (Å²) in [4.78, 5) is 11.5. The van der Waals surface area contributed by atoms with Crippen LogP contribution in [0, 0.1) is 0 Å². The number of aliphatic imine (C=N–C) groups is 1. The van der Waals surface area contributed by atoms with E-state index in [1.54, 1.807) is 0 Å². The number of rotatable bonds is 4. The topological polar surface area (TPSA) is 54.8 Å². The van der Waals surface area contributed by atoms with E-state index < -0.39 is 10.8 Å². The van der Waals surface area contributed by atoms with Crippen molar-refractivity contribution in [1.82, 2.24) is 4.98 Å². The molecule has 0 spiro atoms. The minimum atomic E-state index is -0.687. The van der Waals surface area contributed by atoms with Crippen LogP contribution in [0.2, 0.25) is 0 Å². The van der Waals surface area contributed by atoms with Crippen LogP contribution in [0.15, 0.2) is 41.5 Å². The summed E-state index contributed by atoms with van der Waals surface area (Å²) in [6, 6.07) is 10.3. The molecule has 3 heterocycles. The van der Waals surface area contributed by atoms with Gasteiger partial charge in [-0.25, -0.2) is 4.98 Å². The van der Waals surface area contributed by atoms with Gasteiger partial charge < -0.3 is 9.64 Å². The number of pyridine rings is 1. The highest BCUT2D eigenvalue weighted by Crippen LogP contribution is 2.28. The largest absolute Gasteiger partial charge is 0.491 e. The summed E-state index contributed by atoms with van der Waals surface area (Å²) in [6.45, 7) is 6.34. The molecule has 1 fully saturated rings. The van der Waals surface area contributed by atoms with Crippen LogP contribution < -0.4 is 9.64 Å². The first-order valence-corrected chi connectivity index (χ1v) is 10.5. The van der Waals surface area contributed by atoms with E-state index >= 15 is 0 Å². The zero-order valence-corrected chi connectivity index (χ0v) is 16.0. The van der Waals surface area contributed by atoms with Gasteiger partial charge >= 0.3 is 0 Å². The van der Waals surface area contributed by atoms with Crippen molar-refractivity contribution in [3.63, 3.8) is 0 Å². The van der Waals surface area contributed by atoms with Crippen LogP contribution >= 0.6 is 0 Å². The lowest BCUT2D eigenvalue weighted by Gasteiger charge is -2.27. The van der Waals surface area contributed by atoms with Gasteiger partial charge in [-0.15, -0.1) is 0 Å². The lowest BCUT2D eigenvalue weighted by Crippen LogP contribution is -2.38. The second kappa shape index (κ2) is 7.19. The summed E-state index contributed by atoms with van der Waals surface area (Å²) in [5.41, 5.74) is 4.43. The maximum absolute atomic E-state index is 11.6. The number of ether oxygens (including phenoxy) is 1. The van der Waals surface area contributed by atoms with Crippen LogP contribution in [0.25, 0.3) is 0 Å². The Bertz CT molecular complexity index is 869. The Kier molecular flexibility index (Phi) is 4.76. The van der Waals surface area contributed by atoms with E-state index in [-0.39, 0.29) is 6.10 Å². The molecule has 4 rings (SSSR count). The molecule has 0 radical (unpaired) electrons. The molecule has 1 saturated heterocycles. The van der Waals surface area contributed by atoms with E-state index in [4.69, 9.17) is 9.73 Å².